The Balaban J connectivity index is 2.75. The Kier molecular flexibility index (Phi) is 2.80. The molecule has 1 aromatic carbocycles. The predicted molar refractivity (Wildman–Crippen MR) is 68.1 cm³/mol. The number of hydrogen-bond acceptors (Lipinski definition) is 1. The van der Waals surface area contributed by atoms with E-state index in [0.717, 1.165) is 20.6 Å². The van der Waals surface area contributed by atoms with Crippen LogP contribution in [0.25, 0.3) is 5.69 Å². The third-order valence-electron chi connectivity index (χ3n) is 2.44. The minimum absolute atomic E-state index is 0.730. The van der Waals surface area contributed by atoms with Crippen LogP contribution in [0.15, 0.2) is 28.9 Å². The van der Waals surface area contributed by atoms with Gasteiger partial charge in [0.15, 0.2) is 4.77 Å². The number of nitrogens with one attached hydrogen (secondary N) is 1. The van der Waals surface area contributed by atoms with Gasteiger partial charge in [-0.15, -0.1) is 0 Å². The molecule has 0 unspecified atom stereocenters. The minimum atomic E-state index is 0.730. The molecule has 0 spiro atoms. The Morgan fingerprint density at radius 1 is 1.33 bits per heavy atom. The first kappa shape index (κ1) is 10.6. The number of H-pyrrole nitrogens is 1. The highest BCUT2D eigenvalue weighted by Crippen LogP contribution is 2.23. The number of aromatic amines is 1. The van der Waals surface area contributed by atoms with E-state index in [9.17, 15) is 0 Å². The molecule has 0 fully saturated rings. The fourth-order valence-electron chi connectivity index (χ4n) is 1.59. The van der Waals surface area contributed by atoms with Gasteiger partial charge in [0.05, 0.1) is 5.69 Å². The predicted octanol–water partition coefficient (Wildman–Crippen LogP) is 3.91. The summed E-state index contributed by atoms with van der Waals surface area (Å²) in [5, 5.41) is 0. The van der Waals surface area contributed by atoms with Crippen molar-refractivity contribution in [1.29, 1.82) is 0 Å². The number of imidazole rings is 1. The van der Waals surface area contributed by atoms with Crippen LogP contribution in [0.4, 0.5) is 0 Å². The molecule has 0 amide bonds. The molecule has 0 bridgehead atoms. The van der Waals surface area contributed by atoms with Gasteiger partial charge in [0.2, 0.25) is 0 Å². The van der Waals surface area contributed by atoms with Gasteiger partial charge in [0, 0.05) is 16.4 Å². The second-order valence-corrected chi connectivity index (χ2v) is 4.70. The number of benzene rings is 1. The molecular weight excluding hydrogens is 272 g/mol. The molecule has 15 heavy (non-hydrogen) atoms. The Bertz CT molecular complexity index is 554. The lowest BCUT2D eigenvalue weighted by Gasteiger charge is -2.10. The standard InChI is InChI=1S/C11H11BrN2S/c1-7-6-13-11(15)14(7)10-5-3-4-9(12)8(10)2/h3-6H,1-2H3,(H,13,15). The number of aryl methyl sites for hydroxylation is 1. The number of hydrogen-bond donors (Lipinski definition) is 1. The van der Waals surface area contributed by atoms with Crippen LogP contribution in [-0.2, 0) is 0 Å². The zero-order valence-corrected chi connectivity index (χ0v) is 10.9. The summed E-state index contributed by atoms with van der Waals surface area (Å²) >= 11 is 8.77. The molecule has 1 aromatic heterocycles. The Morgan fingerprint density at radius 2 is 2.07 bits per heavy atom. The highest BCUT2D eigenvalue weighted by molar-refractivity contribution is 9.10. The van der Waals surface area contributed by atoms with Crippen molar-refractivity contribution in [2.75, 3.05) is 0 Å². The molecule has 1 N–H and O–H groups in total. The van der Waals surface area contributed by atoms with Gasteiger partial charge in [0.1, 0.15) is 0 Å². The van der Waals surface area contributed by atoms with Crippen LogP contribution in [-0.4, -0.2) is 9.55 Å². The van der Waals surface area contributed by atoms with Gasteiger partial charge in [-0.2, -0.15) is 0 Å². The summed E-state index contributed by atoms with van der Waals surface area (Å²) in [5.74, 6) is 0. The van der Waals surface area contributed by atoms with Crippen LogP contribution in [0.1, 0.15) is 11.3 Å². The molecule has 0 aliphatic carbocycles. The zero-order chi connectivity index (χ0) is 11.0. The monoisotopic (exact) mass is 282 g/mol. The van der Waals surface area contributed by atoms with Crippen LogP contribution in [0, 0.1) is 18.6 Å². The first-order valence-electron chi connectivity index (χ1n) is 4.64. The van der Waals surface area contributed by atoms with Crippen LogP contribution >= 0.6 is 28.1 Å². The van der Waals surface area contributed by atoms with E-state index in [0.29, 0.717) is 0 Å². The van der Waals surface area contributed by atoms with Gasteiger partial charge >= 0.3 is 0 Å². The van der Waals surface area contributed by atoms with E-state index in [-0.39, 0.29) is 0 Å². The smallest absolute Gasteiger partial charge is 0.182 e. The lowest BCUT2D eigenvalue weighted by atomic mass is 10.2. The van der Waals surface area contributed by atoms with Crippen LogP contribution in [0.2, 0.25) is 0 Å². The van der Waals surface area contributed by atoms with Gasteiger partial charge in [-0.05, 0) is 43.8 Å². The van der Waals surface area contributed by atoms with Gasteiger partial charge in [-0.3, -0.25) is 4.57 Å². The lowest BCUT2D eigenvalue weighted by molar-refractivity contribution is 0.971. The molecule has 0 radical (unpaired) electrons. The molecule has 2 rings (SSSR count). The van der Waals surface area contributed by atoms with Gasteiger partial charge < -0.3 is 4.98 Å². The summed E-state index contributed by atoms with van der Waals surface area (Å²) < 4.78 is 3.87. The normalized spacial score (nSPS) is 10.6. The zero-order valence-electron chi connectivity index (χ0n) is 8.54. The minimum Gasteiger partial charge on any atom is -0.337 e. The SMILES string of the molecule is Cc1c(Br)cccc1-n1c(C)c[nH]c1=S. The van der Waals surface area contributed by atoms with Gasteiger partial charge in [-0.25, -0.2) is 0 Å². The Labute approximate surface area is 102 Å². The van der Waals surface area contributed by atoms with Gasteiger partial charge in [0.25, 0.3) is 0 Å². The van der Waals surface area contributed by atoms with Crippen molar-refractivity contribution >= 4 is 28.1 Å². The molecule has 0 aliphatic heterocycles. The van der Waals surface area contributed by atoms with E-state index in [4.69, 9.17) is 12.2 Å². The number of aromatic nitrogens is 2. The Morgan fingerprint density at radius 3 is 2.67 bits per heavy atom. The van der Waals surface area contributed by atoms with Crippen LogP contribution < -0.4 is 0 Å². The molecule has 78 valence electrons. The van der Waals surface area contributed by atoms with Crippen LogP contribution in [0.3, 0.4) is 0 Å². The first-order chi connectivity index (χ1) is 7.11. The fraction of sp³-hybridized carbons (Fsp3) is 0.182. The summed E-state index contributed by atoms with van der Waals surface area (Å²) in [7, 11) is 0. The first-order valence-corrected chi connectivity index (χ1v) is 5.84. The molecule has 2 nitrogen and oxygen atoms in total. The molecule has 1 heterocycles. The Hall–Kier alpha value is -0.870. The summed E-state index contributed by atoms with van der Waals surface area (Å²) in [6.07, 6.45) is 1.92. The number of rotatable bonds is 1. The number of nitrogens with zero attached hydrogens (tertiary/aromatic N) is 1. The molecule has 0 saturated carbocycles. The maximum atomic E-state index is 5.25. The molecule has 0 atom stereocenters. The van der Waals surface area contributed by atoms with Crippen molar-refractivity contribution < 1.29 is 0 Å². The van der Waals surface area contributed by atoms with Crippen molar-refractivity contribution in [3.63, 3.8) is 0 Å². The van der Waals surface area contributed by atoms with Crippen molar-refractivity contribution in [2.24, 2.45) is 0 Å². The van der Waals surface area contributed by atoms with Gasteiger partial charge in [-0.1, -0.05) is 22.0 Å². The maximum absolute atomic E-state index is 5.25. The van der Waals surface area contributed by atoms with E-state index in [2.05, 4.69) is 33.9 Å². The van der Waals surface area contributed by atoms with Crippen LogP contribution in [0.5, 0.6) is 0 Å². The van der Waals surface area contributed by atoms with E-state index in [1.807, 2.05) is 29.8 Å². The van der Waals surface area contributed by atoms with E-state index < -0.39 is 0 Å². The molecule has 2 aromatic rings. The topological polar surface area (TPSA) is 20.7 Å². The lowest BCUT2D eigenvalue weighted by Crippen LogP contribution is -1.99. The largest absolute Gasteiger partial charge is 0.337 e. The highest BCUT2D eigenvalue weighted by Gasteiger charge is 2.06. The molecule has 4 heteroatoms. The van der Waals surface area contributed by atoms with Crippen molar-refractivity contribution in [1.82, 2.24) is 9.55 Å². The van der Waals surface area contributed by atoms with E-state index in [1.54, 1.807) is 0 Å². The van der Waals surface area contributed by atoms with Crippen molar-refractivity contribution in [2.45, 2.75) is 13.8 Å². The average Bonchev–Trinajstić information content (AvgIpc) is 2.52. The van der Waals surface area contributed by atoms with Crippen molar-refractivity contribution in [3.05, 3.63) is 44.9 Å². The van der Waals surface area contributed by atoms with Crippen molar-refractivity contribution in [3.8, 4) is 5.69 Å². The molecular formula is C11H11BrN2S. The quantitative estimate of drug-likeness (QED) is 0.787. The fourth-order valence-corrected chi connectivity index (χ4v) is 2.25. The summed E-state index contributed by atoms with van der Waals surface area (Å²) in [6, 6.07) is 6.11. The second kappa shape index (κ2) is 3.94. The third kappa shape index (κ3) is 1.79. The molecule has 0 aliphatic rings. The summed E-state index contributed by atoms with van der Waals surface area (Å²) in [4.78, 5) is 3.04. The second-order valence-electron chi connectivity index (χ2n) is 3.45. The summed E-state index contributed by atoms with van der Waals surface area (Å²) in [5.41, 5.74) is 3.42. The average molecular weight is 283 g/mol. The summed E-state index contributed by atoms with van der Waals surface area (Å²) in [6.45, 7) is 4.11. The molecule has 0 saturated heterocycles. The van der Waals surface area contributed by atoms with E-state index in [1.165, 1.54) is 5.56 Å². The third-order valence-corrected chi connectivity index (χ3v) is 3.60. The number of halogens is 1. The van der Waals surface area contributed by atoms with E-state index >= 15 is 0 Å². The highest BCUT2D eigenvalue weighted by atomic mass is 79.9. The maximum Gasteiger partial charge on any atom is 0.182 e.